The fourth-order valence-electron chi connectivity index (χ4n) is 3.89. The third kappa shape index (κ3) is 4.55. The molecule has 4 nitrogen and oxygen atoms in total. The molecule has 0 aromatic carbocycles. The van der Waals surface area contributed by atoms with Crippen LogP contribution < -0.4 is 10.6 Å². The van der Waals surface area contributed by atoms with Crippen LogP contribution >= 0.6 is 11.8 Å². The van der Waals surface area contributed by atoms with Crippen LogP contribution in [0.15, 0.2) is 0 Å². The van der Waals surface area contributed by atoms with Gasteiger partial charge in [-0.05, 0) is 56.1 Å². The van der Waals surface area contributed by atoms with Crippen LogP contribution in [0.2, 0.25) is 0 Å². The van der Waals surface area contributed by atoms with E-state index in [1.165, 1.54) is 25.7 Å². The molecule has 2 rings (SSSR count). The van der Waals surface area contributed by atoms with E-state index >= 15 is 0 Å². The van der Waals surface area contributed by atoms with Crippen LogP contribution in [0, 0.1) is 17.8 Å². The lowest BCUT2D eigenvalue weighted by Crippen LogP contribution is -2.44. The van der Waals surface area contributed by atoms with E-state index in [9.17, 15) is 4.79 Å². The monoisotopic (exact) mass is 300 g/mol. The zero-order valence-electron chi connectivity index (χ0n) is 12.4. The lowest BCUT2D eigenvalue weighted by molar-refractivity contribution is 0.229. The largest absolute Gasteiger partial charge is 0.396 e. The van der Waals surface area contributed by atoms with E-state index in [0.717, 1.165) is 36.5 Å². The van der Waals surface area contributed by atoms with Crippen molar-refractivity contribution in [2.75, 3.05) is 25.2 Å². The first kappa shape index (κ1) is 16.0. The molecule has 2 saturated carbocycles. The molecular weight excluding hydrogens is 272 g/mol. The zero-order chi connectivity index (χ0) is 14.4. The fraction of sp³-hybridized carbons (Fsp3) is 0.933. The van der Waals surface area contributed by atoms with Crippen molar-refractivity contribution in [3.05, 3.63) is 0 Å². The molecule has 5 heteroatoms. The number of thioether (sulfide) groups is 1. The topological polar surface area (TPSA) is 61.4 Å². The lowest BCUT2D eigenvalue weighted by Gasteiger charge is -2.22. The molecule has 2 aliphatic rings. The van der Waals surface area contributed by atoms with Gasteiger partial charge in [-0.3, -0.25) is 0 Å². The second-order valence-electron chi connectivity index (χ2n) is 6.29. The van der Waals surface area contributed by atoms with E-state index in [1.54, 1.807) is 11.8 Å². The minimum absolute atomic E-state index is 0.0671. The Kier molecular flexibility index (Phi) is 6.49. The standard InChI is InChI=1S/C15H28N2O2S/c1-20-10-14(5-7-18)17-15(19)16-6-4-13-9-11-2-3-12(13)8-11/h11-14,18H,2-10H2,1H3,(H2,16,17,19). The summed E-state index contributed by atoms with van der Waals surface area (Å²) in [7, 11) is 0. The minimum Gasteiger partial charge on any atom is -0.396 e. The van der Waals surface area contributed by atoms with Gasteiger partial charge in [0.1, 0.15) is 0 Å². The highest BCUT2D eigenvalue weighted by molar-refractivity contribution is 7.98. The summed E-state index contributed by atoms with van der Waals surface area (Å²) in [6.45, 7) is 0.904. The van der Waals surface area contributed by atoms with Crippen molar-refractivity contribution >= 4 is 17.8 Å². The van der Waals surface area contributed by atoms with Gasteiger partial charge >= 0.3 is 6.03 Å². The third-order valence-electron chi connectivity index (χ3n) is 4.87. The van der Waals surface area contributed by atoms with Crippen molar-refractivity contribution in [2.24, 2.45) is 17.8 Å². The number of aliphatic hydroxyl groups excluding tert-OH is 1. The van der Waals surface area contributed by atoms with Crippen molar-refractivity contribution in [1.82, 2.24) is 10.6 Å². The maximum Gasteiger partial charge on any atom is 0.315 e. The smallest absolute Gasteiger partial charge is 0.315 e. The molecular formula is C15H28N2O2S. The Labute approximate surface area is 126 Å². The Morgan fingerprint density at radius 1 is 1.40 bits per heavy atom. The quantitative estimate of drug-likeness (QED) is 0.644. The average Bonchev–Trinajstić information content (AvgIpc) is 3.01. The second-order valence-corrected chi connectivity index (χ2v) is 7.20. The molecule has 0 saturated heterocycles. The number of urea groups is 1. The van der Waals surface area contributed by atoms with Gasteiger partial charge in [-0.25, -0.2) is 4.79 Å². The van der Waals surface area contributed by atoms with Crippen molar-refractivity contribution in [3.8, 4) is 0 Å². The van der Waals surface area contributed by atoms with Crippen molar-refractivity contribution in [2.45, 2.75) is 44.6 Å². The Bertz CT molecular complexity index is 308. The van der Waals surface area contributed by atoms with Crippen LogP contribution in [0.25, 0.3) is 0 Å². The third-order valence-corrected chi connectivity index (χ3v) is 5.60. The van der Waals surface area contributed by atoms with Gasteiger partial charge in [-0.15, -0.1) is 0 Å². The van der Waals surface area contributed by atoms with Crippen LogP contribution in [-0.2, 0) is 0 Å². The van der Waals surface area contributed by atoms with E-state index in [1.807, 2.05) is 6.26 Å². The molecule has 0 aromatic rings. The number of hydrogen-bond acceptors (Lipinski definition) is 3. The number of hydrogen-bond donors (Lipinski definition) is 3. The molecule has 2 aliphatic carbocycles. The molecule has 0 heterocycles. The molecule has 20 heavy (non-hydrogen) atoms. The van der Waals surface area contributed by atoms with E-state index in [4.69, 9.17) is 5.11 Å². The highest BCUT2D eigenvalue weighted by atomic mass is 32.2. The van der Waals surface area contributed by atoms with Crippen LogP contribution in [0.3, 0.4) is 0 Å². The summed E-state index contributed by atoms with van der Waals surface area (Å²) in [5.74, 6) is 3.60. The number of carbonyl (C=O) groups is 1. The molecule has 116 valence electrons. The van der Waals surface area contributed by atoms with Crippen LogP contribution in [0.5, 0.6) is 0 Å². The summed E-state index contributed by atoms with van der Waals surface area (Å²) >= 11 is 1.69. The summed E-state index contributed by atoms with van der Waals surface area (Å²) in [4.78, 5) is 11.8. The highest BCUT2D eigenvalue weighted by Gasteiger charge is 2.38. The number of nitrogens with one attached hydrogen (secondary N) is 2. The van der Waals surface area contributed by atoms with E-state index in [0.29, 0.717) is 6.42 Å². The fourth-order valence-corrected chi connectivity index (χ4v) is 4.54. The van der Waals surface area contributed by atoms with Gasteiger partial charge in [0.25, 0.3) is 0 Å². The molecule has 2 bridgehead atoms. The molecule has 2 fully saturated rings. The van der Waals surface area contributed by atoms with Gasteiger partial charge in [-0.2, -0.15) is 11.8 Å². The maximum absolute atomic E-state index is 11.8. The van der Waals surface area contributed by atoms with Gasteiger partial charge < -0.3 is 15.7 Å². The Morgan fingerprint density at radius 2 is 2.25 bits per heavy atom. The van der Waals surface area contributed by atoms with Gasteiger partial charge in [0.05, 0.1) is 0 Å². The highest BCUT2D eigenvalue weighted by Crippen LogP contribution is 2.49. The average molecular weight is 300 g/mol. The van der Waals surface area contributed by atoms with Gasteiger partial charge in [0.2, 0.25) is 0 Å². The molecule has 0 spiro atoms. The molecule has 4 atom stereocenters. The van der Waals surface area contributed by atoms with E-state index < -0.39 is 0 Å². The Morgan fingerprint density at radius 3 is 2.85 bits per heavy atom. The molecule has 0 aromatic heterocycles. The normalized spacial score (nSPS) is 29.4. The van der Waals surface area contributed by atoms with Gasteiger partial charge in [0.15, 0.2) is 0 Å². The number of aliphatic hydroxyl groups is 1. The van der Waals surface area contributed by atoms with E-state index in [-0.39, 0.29) is 18.7 Å². The van der Waals surface area contributed by atoms with E-state index in [2.05, 4.69) is 10.6 Å². The summed E-state index contributed by atoms with van der Waals surface area (Å²) in [6.07, 6.45) is 9.43. The lowest BCUT2D eigenvalue weighted by atomic mass is 9.86. The molecule has 2 amide bonds. The predicted molar refractivity (Wildman–Crippen MR) is 84.0 cm³/mol. The predicted octanol–water partition coefficient (Wildman–Crippen LogP) is 2.23. The summed E-state index contributed by atoms with van der Waals surface area (Å²) in [5.41, 5.74) is 0. The zero-order valence-corrected chi connectivity index (χ0v) is 13.3. The van der Waals surface area contributed by atoms with Crippen molar-refractivity contribution < 1.29 is 9.90 Å². The number of rotatable bonds is 8. The van der Waals surface area contributed by atoms with Crippen LogP contribution in [-0.4, -0.2) is 42.3 Å². The van der Waals surface area contributed by atoms with Crippen LogP contribution in [0.1, 0.15) is 38.5 Å². The van der Waals surface area contributed by atoms with Crippen LogP contribution in [0.4, 0.5) is 4.79 Å². The second kappa shape index (κ2) is 8.13. The number of carbonyl (C=O) groups excluding carboxylic acids is 1. The Balaban J connectivity index is 1.59. The number of amides is 2. The van der Waals surface area contributed by atoms with Crippen molar-refractivity contribution in [3.63, 3.8) is 0 Å². The first-order valence-corrected chi connectivity index (χ1v) is 9.26. The SMILES string of the molecule is CSCC(CCO)NC(=O)NCCC1CC2CCC1C2. The Hall–Kier alpha value is -0.420. The summed E-state index contributed by atoms with van der Waals surface area (Å²) < 4.78 is 0. The molecule has 3 N–H and O–H groups in total. The number of fused-ring (bicyclic) bond motifs is 2. The minimum atomic E-state index is -0.0827. The molecule has 0 aliphatic heterocycles. The molecule has 0 radical (unpaired) electrons. The summed E-state index contributed by atoms with van der Waals surface area (Å²) in [5, 5.41) is 14.9. The maximum atomic E-state index is 11.8. The summed E-state index contributed by atoms with van der Waals surface area (Å²) in [6, 6.07) is -0.0156. The first-order chi connectivity index (χ1) is 9.72. The first-order valence-electron chi connectivity index (χ1n) is 7.87. The van der Waals surface area contributed by atoms with Gasteiger partial charge in [0, 0.05) is 24.9 Å². The molecule has 4 unspecified atom stereocenters. The van der Waals surface area contributed by atoms with Gasteiger partial charge in [-0.1, -0.05) is 6.42 Å². The van der Waals surface area contributed by atoms with Crippen molar-refractivity contribution in [1.29, 1.82) is 0 Å².